The molecule has 0 aliphatic rings. The van der Waals surface area contributed by atoms with Crippen LogP contribution >= 0.6 is 0 Å². The van der Waals surface area contributed by atoms with Gasteiger partial charge < -0.3 is 14.2 Å². The maximum atomic E-state index is 12.5. The van der Waals surface area contributed by atoms with Crippen molar-refractivity contribution in [3.8, 4) is 17.2 Å². The number of rotatable bonds is 10. The molecule has 0 heterocycles. The molecule has 10 nitrogen and oxygen atoms in total. The van der Waals surface area contributed by atoms with Crippen molar-refractivity contribution in [2.24, 2.45) is 0 Å². The van der Waals surface area contributed by atoms with Gasteiger partial charge in [0, 0.05) is 6.07 Å². The highest BCUT2D eigenvalue weighted by molar-refractivity contribution is 5.77. The van der Waals surface area contributed by atoms with E-state index in [2.05, 4.69) is 0 Å². The van der Waals surface area contributed by atoms with E-state index in [-0.39, 0.29) is 35.3 Å². The molecule has 0 amide bonds. The van der Waals surface area contributed by atoms with Crippen LogP contribution in [0.1, 0.15) is 42.0 Å². The normalized spacial score (nSPS) is 10.9. The number of carbonyl (C=O) groups is 1. The zero-order valence-corrected chi connectivity index (χ0v) is 20.8. The van der Waals surface area contributed by atoms with Gasteiger partial charge in [-0.15, -0.1) is 0 Å². The van der Waals surface area contributed by atoms with Gasteiger partial charge in [0.15, 0.2) is 18.1 Å². The van der Waals surface area contributed by atoms with Gasteiger partial charge in [-0.2, -0.15) is 0 Å². The van der Waals surface area contributed by atoms with Crippen LogP contribution in [0.4, 0.5) is 11.4 Å². The lowest BCUT2D eigenvalue weighted by atomic mass is 10.0. The van der Waals surface area contributed by atoms with Crippen molar-refractivity contribution in [1.82, 2.24) is 0 Å². The largest absolute Gasteiger partial charge is 0.493 e. The Hall–Kier alpha value is -4.73. The second kappa shape index (κ2) is 11.8. The van der Waals surface area contributed by atoms with Crippen molar-refractivity contribution in [2.45, 2.75) is 26.7 Å². The minimum absolute atomic E-state index is 0.183. The smallest absolute Gasteiger partial charge is 0.349 e. The van der Waals surface area contributed by atoms with Gasteiger partial charge >= 0.3 is 5.97 Å². The number of non-ortho nitro benzene ring substituents is 1. The highest BCUT2D eigenvalue weighted by atomic mass is 16.6. The first-order valence-corrected chi connectivity index (χ1v) is 11.3. The molecule has 0 aliphatic carbocycles. The van der Waals surface area contributed by atoms with Crippen LogP contribution in [0, 0.1) is 27.2 Å². The standard InChI is InChI=1S/C27H26N2O8/c1-17(2)22-11-5-18(3)13-25(22)36-16-27(30)37-24-12-7-19(14-26(24)35-4)6-8-20-9-10-21(28(31)32)15-23(20)29(33)34/h5-15,17H,16H2,1-4H3. The van der Waals surface area contributed by atoms with E-state index in [9.17, 15) is 25.0 Å². The first-order valence-electron chi connectivity index (χ1n) is 11.3. The molecular formula is C27H26N2O8. The minimum Gasteiger partial charge on any atom is -0.493 e. The average molecular weight is 507 g/mol. The van der Waals surface area contributed by atoms with Crippen molar-refractivity contribution < 1.29 is 28.9 Å². The number of nitrogens with zero attached hydrogens (tertiary/aromatic N) is 2. The first-order chi connectivity index (χ1) is 17.6. The van der Waals surface area contributed by atoms with E-state index in [1.54, 1.807) is 18.2 Å². The fourth-order valence-corrected chi connectivity index (χ4v) is 3.54. The molecule has 0 atom stereocenters. The summed E-state index contributed by atoms with van der Waals surface area (Å²) in [6, 6.07) is 14.0. The Morgan fingerprint density at radius 1 is 0.919 bits per heavy atom. The molecule has 3 aromatic rings. The van der Waals surface area contributed by atoms with Gasteiger partial charge in [0.05, 0.1) is 28.6 Å². The zero-order chi connectivity index (χ0) is 27.1. The van der Waals surface area contributed by atoms with Crippen LogP contribution < -0.4 is 14.2 Å². The number of nitro benzene ring substituents is 2. The predicted molar refractivity (Wildman–Crippen MR) is 138 cm³/mol. The summed E-state index contributed by atoms with van der Waals surface area (Å²) >= 11 is 0. The summed E-state index contributed by atoms with van der Waals surface area (Å²) < 4.78 is 16.5. The molecular weight excluding hydrogens is 480 g/mol. The molecule has 3 rings (SSSR count). The number of benzene rings is 3. The number of hydrogen-bond acceptors (Lipinski definition) is 8. The predicted octanol–water partition coefficient (Wildman–Crippen LogP) is 6.10. The lowest BCUT2D eigenvalue weighted by molar-refractivity contribution is -0.394. The highest BCUT2D eigenvalue weighted by Gasteiger charge is 2.18. The summed E-state index contributed by atoms with van der Waals surface area (Å²) in [6.45, 7) is 5.72. The van der Waals surface area contributed by atoms with E-state index in [1.807, 2.05) is 39.0 Å². The lowest BCUT2D eigenvalue weighted by Crippen LogP contribution is -2.18. The molecule has 0 radical (unpaired) electrons. The van der Waals surface area contributed by atoms with Crippen molar-refractivity contribution in [1.29, 1.82) is 0 Å². The third kappa shape index (κ3) is 6.91. The second-order valence-corrected chi connectivity index (χ2v) is 8.46. The van der Waals surface area contributed by atoms with Crippen molar-refractivity contribution in [2.75, 3.05) is 13.7 Å². The molecule has 3 aromatic carbocycles. The Morgan fingerprint density at radius 2 is 1.68 bits per heavy atom. The summed E-state index contributed by atoms with van der Waals surface area (Å²) in [6.07, 6.45) is 3.04. The van der Waals surface area contributed by atoms with Crippen LogP contribution in [0.2, 0.25) is 0 Å². The van der Waals surface area contributed by atoms with E-state index >= 15 is 0 Å². The Morgan fingerprint density at radius 3 is 2.32 bits per heavy atom. The number of aryl methyl sites for hydroxylation is 1. The lowest BCUT2D eigenvalue weighted by Gasteiger charge is -2.15. The van der Waals surface area contributed by atoms with Gasteiger partial charge in [-0.3, -0.25) is 20.2 Å². The number of carbonyl (C=O) groups excluding carboxylic acids is 1. The van der Waals surface area contributed by atoms with Crippen molar-refractivity contribution >= 4 is 29.5 Å². The fraction of sp³-hybridized carbons (Fsp3) is 0.222. The zero-order valence-electron chi connectivity index (χ0n) is 20.8. The van der Waals surface area contributed by atoms with Gasteiger partial charge in [0.25, 0.3) is 11.4 Å². The van der Waals surface area contributed by atoms with E-state index < -0.39 is 21.5 Å². The fourth-order valence-electron chi connectivity index (χ4n) is 3.54. The Labute approximate surface area is 213 Å². The molecule has 0 spiro atoms. The van der Waals surface area contributed by atoms with Gasteiger partial charge in [-0.1, -0.05) is 38.1 Å². The van der Waals surface area contributed by atoms with Crippen LogP contribution in [-0.4, -0.2) is 29.5 Å². The molecule has 37 heavy (non-hydrogen) atoms. The van der Waals surface area contributed by atoms with Gasteiger partial charge in [0.2, 0.25) is 0 Å². The quantitative estimate of drug-likeness (QED) is 0.106. The summed E-state index contributed by atoms with van der Waals surface area (Å²) in [4.78, 5) is 33.3. The number of ether oxygens (including phenoxy) is 3. The molecule has 0 saturated carbocycles. The topological polar surface area (TPSA) is 131 Å². The van der Waals surface area contributed by atoms with E-state index in [0.29, 0.717) is 11.3 Å². The second-order valence-electron chi connectivity index (χ2n) is 8.46. The Bertz CT molecular complexity index is 1360. The van der Waals surface area contributed by atoms with E-state index in [4.69, 9.17) is 14.2 Å². The monoisotopic (exact) mass is 506 g/mol. The van der Waals surface area contributed by atoms with Gasteiger partial charge in [-0.05, 0) is 59.9 Å². The number of hydrogen-bond donors (Lipinski definition) is 0. The Kier molecular flexibility index (Phi) is 8.57. The van der Waals surface area contributed by atoms with E-state index in [0.717, 1.165) is 17.2 Å². The summed E-state index contributed by atoms with van der Waals surface area (Å²) in [5.74, 6) is 0.689. The first kappa shape index (κ1) is 26.9. The summed E-state index contributed by atoms with van der Waals surface area (Å²) in [7, 11) is 1.42. The maximum Gasteiger partial charge on any atom is 0.349 e. The van der Waals surface area contributed by atoms with Crippen LogP contribution in [0.5, 0.6) is 17.2 Å². The minimum atomic E-state index is -0.694. The van der Waals surface area contributed by atoms with E-state index in [1.165, 1.54) is 31.4 Å². The average Bonchev–Trinajstić information content (AvgIpc) is 2.86. The molecule has 0 unspecified atom stereocenters. The number of nitro groups is 2. The third-order valence-electron chi connectivity index (χ3n) is 5.42. The molecule has 0 aliphatic heterocycles. The number of methoxy groups -OCH3 is 1. The third-order valence-corrected chi connectivity index (χ3v) is 5.42. The molecule has 0 aromatic heterocycles. The molecule has 0 fully saturated rings. The van der Waals surface area contributed by atoms with Crippen LogP contribution in [0.25, 0.3) is 12.2 Å². The molecule has 0 saturated heterocycles. The highest BCUT2D eigenvalue weighted by Crippen LogP contribution is 2.31. The Balaban J connectivity index is 1.73. The maximum absolute atomic E-state index is 12.5. The van der Waals surface area contributed by atoms with Crippen molar-refractivity contribution in [3.05, 3.63) is 97.1 Å². The van der Waals surface area contributed by atoms with Gasteiger partial charge in [0.1, 0.15) is 5.75 Å². The van der Waals surface area contributed by atoms with Crippen LogP contribution in [0.15, 0.2) is 54.6 Å². The molecule has 10 heteroatoms. The SMILES string of the molecule is COc1cc(C=Cc2ccc([N+](=O)[O-])cc2[N+](=O)[O-])ccc1OC(=O)COc1cc(C)ccc1C(C)C. The molecule has 0 N–H and O–H groups in total. The molecule has 192 valence electrons. The van der Waals surface area contributed by atoms with Crippen LogP contribution in [-0.2, 0) is 4.79 Å². The van der Waals surface area contributed by atoms with Crippen molar-refractivity contribution in [3.63, 3.8) is 0 Å². The number of esters is 1. The van der Waals surface area contributed by atoms with Crippen LogP contribution in [0.3, 0.4) is 0 Å². The summed E-state index contributed by atoms with van der Waals surface area (Å²) in [5, 5.41) is 22.3. The summed E-state index contributed by atoms with van der Waals surface area (Å²) in [5.41, 5.74) is 2.03. The molecule has 0 bridgehead atoms. The van der Waals surface area contributed by atoms with Gasteiger partial charge in [-0.25, -0.2) is 4.79 Å².